The van der Waals surface area contributed by atoms with E-state index >= 15 is 0 Å². The monoisotopic (exact) mass is 303 g/mol. The average Bonchev–Trinajstić information content (AvgIpc) is 2.45. The molecule has 0 spiro atoms. The third kappa shape index (κ3) is 3.63. The number of hydrogen-bond donors (Lipinski definition) is 1. The van der Waals surface area contributed by atoms with Gasteiger partial charge in [0.1, 0.15) is 5.82 Å². The molecular weight excluding hydrogens is 285 g/mol. The van der Waals surface area contributed by atoms with Crippen LogP contribution >= 0.6 is 11.6 Å². The first kappa shape index (κ1) is 14.6. The van der Waals surface area contributed by atoms with Crippen molar-refractivity contribution in [1.82, 2.24) is 5.32 Å². The van der Waals surface area contributed by atoms with Crippen molar-refractivity contribution in [3.05, 3.63) is 70.5 Å². The highest BCUT2D eigenvalue weighted by atomic mass is 35.5. The normalized spacial score (nSPS) is 21.0. The van der Waals surface area contributed by atoms with Gasteiger partial charge in [-0.2, -0.15) is 0 Å². The molecule has 1 aliphatic rings. The van der Waals surface area contributed by atoms with Crippen LogP contribution in [0, 0.1) is 5.82 Å². The molecule has 3 heteroatoms. The molecule has 0 heterocycles. The molecule has 1 N–H and O–H groups in total. The van der Waals surface area contributed by atoms with Gasteiger partial charge in [0.15, 0.2) is 0 Å². The summed E-state index contributed by atoms with van der Waals surface area (Å²) < 4.78 is 12.8. The van der Waals surface area contributed by atoms with Gasteiger partial charge in [-0.25, -0.2) is 4.39 Å². The van der Waals surface area contributed by atoms with E-state index in [0.717, 1.165) is 30.8 Å². The Labute approximate surface area is 130 Å². The fourth-order valence-electron chi connectivity index (χ4n) is 2.92. The van der Waals surface area contributed by atoms with Crippen LogP contribution in [-0.2, 0) is 6.42 Å². The molecule has 3 rings (SSSR count). The Morgan fingerprint density at radius 1 is 1.05 bits per heavy atom. The molecule has 0 aliphatic heterocycles. The fourth-order valence-corrected chi connectivity index (χ4v) is 3.21. The SMILES string of the molecule is Fc1ccc(CCNC2CC(c3ccccc3Cl)C2)cc1. The minimum atomic E-state index is -0.173. The highest BCUT2D eigenvalue weighted by Crippen LogP contribution is 2.39. The van der Waals surface area contributed by atoms with Crippen molar-refractivity contribution >= 4 is 11.6 Å². The van der Waals surface area contributed by atoms with Crippen molar-refractivity contribution in [2.24, 2.45) is 0 Å². The summed E-state index contributed by atoms with van der Waals surface area (Å²) in [4.78, 5) is 0. The number of benzene rings is 2. The van der Waals surface area contributed by atoms with Gasteiger partial charge in [0.25, 0.3) is 0 Å². The zero-order valence-electron chi connectivity index (χ0n) is 11.9. The summed E-state index contributed by atoms with van der Waals surface area (Å²) in [5.74, 6) is 0.412. The van der Waals surface area contributed by atoms with E-state index in [-0.39, 0.29) is 5.82 Å². The van der Waals surface area contributed by atoms with E-state index in [9.17, 15) is 4.39 Å². The molecule has 0 saturated heterocycles. The Kier molecular flexibility index (Phi) is 4.57. The molecular formula is C18H19ClFN. The molecule has 0 amide bonds. The Bertz CT molecular complexity index is 590. The number of nitrogens with one attached hydrogen (secondary N) is 1. The van der Waals surface area contributed by atoms with Gasteiger partial charge in [-0.15, -0.1) is 0 Å². The van der Waals surface area contributed by atoms with Crippen LogP contribution < -0.4 is 5.32 Å². The van der Waals surface area contributed by atoms with Crippen LogP contribution in [0.1, 0.15) is 29.9 Å². The lowest BCUT2D eigenvalue weighted by Gasteiger charge is -2.37. The summed E-state index contributed by atoms with van der Waals surface area (Å²) in [6.45, 7) is 0.936. The summed E-state index contributed by atoms with van der Waals surface area (Å²) in [6, 6.07) is 15.4. The van der Waals surface area contributed by atoms with Crippen LogP contribution in [-0.4, -0.2) is 12.6 Å². The highest BCUT2D eigenvalue weighted by molar-refractivity contribution is 6.31. The molecule has 0 unspecified atom stereocenters. The molecule has 0 aromatic heterocycles. The van der Waals surface area contributed by atoms with Gasteiger partial charge < -0.3 is 5.32 Å². The first-order chi connectivity index (χ1) is 10.2. The molecule has 110 valence electrons. The minimum Gasteiger partial charge on any atom is -0.314 e. The Morgan fingerprint density at radius 2 is 1.76 bits per heavy atom. The lowest BCUT2D eigenvalue weighted by molar-refractivity contribution is 0.293. The molecule has 21 heavy (non-hydrogen) atoms. The van der Waals surface area contributed by atoms with Crippen molar-refractivity contribution in [1.29, 1.82) is 0 Å². The second-order valence-electron chi connectivity index (χ2n) is 5.72. The van der Waals surface area contributed by atoms with Crippen LogP contribution in [0.25, 0.3) is 0 Å². The van der Waals surface area contributed by atoms with Crippen molar-refractivity contribution in [3.8, 4) is 0 Å². The van der Waals surface area contributed by atoms with E-state index in [0.29, 0.717) is 12.0 Å². The smallest absolute Gasteiger partial charge is 0.123 e. The average molecular weight is 304 g/mol. The summed E-state index contributed by atoms with van der Waals surface area (Å²) in [5, 5.41) is 4.45. The van der Waals surface area contributed by atoms with Crippen molar-refractivity contribution in [2.75, 3.05) is 6.54 Å². The summed E-state index contributed by atoms with van der Waals surface area (Å²) >= 11 is 6.23. The van der Waals surface area contributed by atoms with Gasteiger partial charge in [0.05, 0.1) is 0 Å². The van der Waals surface area contributed by atoms with Gasteiger partial charge in [-0.1, -0.05) is 41.9 Å². The van der Waals surface area contributed by atoms with Gasteiger partial charge in [0.2, 0.25) is 0 Å². The molecule has 0 bridgehead atoms. The predicted molar refractivity (Wildman–Crippen MR) is 85.3 cm³/mol. The van der Waals surface area contributed by atoms with Gasteiger partial charge in [0, 0.05) is 11.1 Å². The lowest BCUT2D eigenvalue weighted by Crippen LogP contribution is -2.41. The van der Waals surface area contributed by atoms with Crippen LogP contribution in [0.2, 0.25) is 5.02 Å². The van der Waals surface area contributed by atoms with Crippen LogP contribution in [0.3, 0.4) is 0 Å². The van der Waals surface area contributed by atoms with E-state index in [2.05, 4.69) is 17.4 Å². The fraction of sp³-hybridized carbons (Fsp3) is 0.333. The molecule has 0 atom stereocenters. The third-order valence-electron chi connectivity index (χ3n) is 4.24. The Balaban J connectivity index is 1.41. The number of hydrogen-bond acceptors (Lipinski definition) is 1. The molecule has 1 fully saturated rings. The Hall–Kier alpha value is -1.38. The lowest BCUT2D eigenvalue weighted by atomic mass is 9.76. The second-order valence-corrected chi connectivity index (χ2v) is 6.12. The molecule has 2 aromatic rings. The van der Waals surface area contributed by atoms with Crippen LogP contribution in [0.5, 0.6) is 0 Å². The maximum Gasteiger partial charge on any atom is 0.123 e. The van der Waals surface area contributed by atoms with Crippen molar-refractivity contribution in [2.45, 2.75) is 31.2 Å². The van der Waals surface area contributed by atoms with Gasteiger partial charge >= 0.3 is 0 Å². The standard InChI is InChI=1S/C18H19ClFN/c19-18-4-2-1-3-17(18)14-11-16(12-14)21-10-9-13-5-7-15(20)8-6-13/h1-8,14,16,21H,9-12H2. The number of halogens is 2. The second kappa shape index (κ2) is 6.59. The molecule has 2 aromatic carbocycles. The molecule has 1 aliphatic carbocycles. The minimum absolute atomic E-state index is 0.173. The topological polar surface area (TPSA) is 12.0 Å². The van der Waals surface area contributed by atoms with E-state index in [1.165, 1.54) is 23.3 Å². The van der Waals surface area contributed by atoms with Gasteiger partial charge in [-0.3, -0.25) is 0 Å². The maximum absolute atomic E-state index is 12.8. The first-order valence-electron chi connectivity index (χ1n) is 7.44. The summed E-state index contributed by atoms with van der Waals surface area (Å²) in [5.41, 5.74) is 2.45. The zero-order chi connectivity index (χ0) is 14.7. The predicted octanol–water partition coefficient (Wildman–Crippen LogP) is 4.56. The molecule has 1 nitrogen and oxygen atoms in total. The van der Waals surface area contributed by atoms with E-state index in [1.807, 2.05) is 24.3 Å². The van der Waals surface area contributed by atoms with Crippen molar-refractivity contribution < 1.29 is 4.39 Å². The largest absolute Gasteiger partial charge is 0.314 e. The summed E-state index contributed by atoms with van der Waals surface area (Å²) in [6.07, 6.45) is 3.23. The van der Waals surface area contributed by atoms with E-state index < -0.39 is 0 Å². The molecule has 1 saturated carbocycles. The van der Waals surface area contributed by atoms with E-state index in [1.54, 1.807) is 0 Å². The van der Waals surface area contributed by atoms with Crippen LogP contribution in [0.15, 0.2) is 48.5 Å². The summed E-state index contributed by atoms with van der Waals surface area (Å²) in [7, 11) is 0. The third-order valence-corrected chi connectivity index (χ3v) is 4.59. The number of rotatable bonds is 5. The quantitative estimate of drug-likeness (QED) is 0.854. The maximum atomic E-state index is 12.8. The molecule has 0 radical (unpaired) electrons. The van der Waals surface area contributed by atoms with Crippen molar-refractivity contribution in [3.63, 3.8) is 0 Å². The highest BCUT2D eigenvalue weighted by Gasteiger charge is 2.30. The Morgan fingerprint density at radius 3 is 2.48 bits per heavy atom. The van der Waals surface area contributed by atoms with E-state index in [4.69, 9.17) is 11.6 Å². The van der Waals surface area contributed by atoms with Gasteiger partial charge in [-0.05, 0) is 61.1 Å². The first-order valence-corrected chi connectivity index (χ1v) is 7.82. The van der Waals surface area contributed by atoms with Crippen LogP contribution in [0.4, 0.5) is 4.39 Å². The zero-order valence-corrected chi connectivity index (χ0v) is 12.6.